The van der Waals surface area contributed by atoms with Gasteiger partial charge in [-0.05, 0) is 55.3 Å². The molecule has 2 aromatic carbocycles. The van der Waals surface area contributed by atoms with Gasteiger partial charge in [0.2, 0.25) is 11.7 Å². The van der Waals surface area contributed by atoms with Gasteiger partial charge in [0.25, 0.3) is 0 Å². The Labute approximate surface area is 179 Å². The molecule has 0 spiro atoms. The Hall–Kier alpha value is -3.19. The molecule has 6 nitrogen and oxygen atoms in total. The second kappa shape index (κ2) is 9.54. The fraction of sp³-hybridized carbons (Fsp3) is 0.217. The third kappa shape index (κ3) is 4.86. The van der Waals surface area contributed by atoms with Gasteiger partial charge in [0.05, 0.1) is 18.1 Å². The Bertz CT molecular complexity index is 1080. The maximum absolute atomic E-state index is 5.47. The highest BCUT2D eigenvalue weighted by molar-refractivity contribution is 7.98. The van der Waals surface area contributed by atoms with E-state index < -0.39 is 0 Å². The summed E-state index contributed by atoms with van der Waals surface area (Å²) in [6.45, 7) is 4.75. The fourth-order valence-electron chi connectivity index (χ4n) is 2.90. The zero-order chi connectivity index (χ0) is 20.8. The first kappa shape index (κ1) is 20.1. The molecule has 30 heavy (non-hydrogen) atoms. The van der Waals surface area contributed by atoms with Crippen LogP contribution >= 0.6 is 11.8 Å². The number of thioether (sulfide) groups is 1. The summed E-state index contributed by atoms with van der Waals surface area (Å²) >= 11 is 1.51. The summed E-state index contributed by atoms with van der Waals surface area (Å²) in [6, 6.07) is 20.0. The monoisotopic (exact) mass is 418 g/mol. The van der Waals surface area contributed by atoms with Crippen LogP contribution in [-0.2, 0) is 12.2 Å². The van der Waals surface area contributed by atoms with E-state index in [9.17, 15) is 0 Å². The zero-order valence-electron chi connectivity index (χ0n) is 16.9. The summed E-state index contributed by atoms with van der Waals surface area (Å²) in [5.41, 5.74) is 4.05. The molecule has 0 N–H and O–H groups in total. The van der Waals surface area contributed by atoms with Crippen molar-refractivity contribution in [2.24, 2.45) is 0 Å². The number of nitrogens with zero attached hydrogens (tertiary/aromatic N) is 4. The molecule has 2 heterocycles. The largest absolute Gasteiger partial charge is 0.494 e. The minimum atomic E-state index is 0.539. The Morgan fingerprint density at radius 2 is 1.63 bits per heavy atom. The molecular weight excluding hydrogens is 396 g/mol. The fourth-order valence-corrected chi connectivity index (χ4v) is 3.55. The van der Waals surface area contributed by atoms with E-state index in [-0.39, 0.29) is 0 Å². The molecular formula is C23H22N4O2S. The molecule has 0 unspecified atom stereocenters. The molecule has 0 saturated heterocycles. The Morgan fingerprint density at radius 1 is 0.867 bits per heavy atom. The number of hydrogen-bond acceptors (Lipinski definition) is 7. The first-order chi connectivity index (χ1) is 14.7. The van der Waals surface area contributed by atoms with Crippen LogP contribution in [0.3, 0.4) is 0 Å². The van der Waals surface area contributed by atoms with Crippen molar-refractivity contribution in [2.45, 2.75) is 31.0 Å². The van der Waals surface area contributed by atoms with Crippen molar-refractivity contribution in [1.29, 1.82) is 0 Å². The van der Waals surface area contributed by atoms with Crippen LogP contribution < -0.4 is 4.74 Å². The van der Waals surface area contributed by atoms with Gasteiger partial charge in [-0.2, -0.15) is 4.98 Å². The number of benzene rings is 2. The van der Waals surface area contributed by atoms with Gasteiger partial charge in [-0.25, -0.2) is 0 Å². The van der Waals surface area contributed by atoms with Gasteiger partial charge in [-0.15, -0.1) is 10.2 Å². The quantitative estimate of drug-likeness (QED) is 0.352. The summed E-state index contributed by atoms with van der Waals surface area (Å²) in [5.74, 6) is 2.55. The average Bonchev–Trinajstić information content (AvgIpc) is 3.28. The van der Waals surface area contributed by atoms with E-state index in [1.54, 1.807) is 0 Å². The van der Waals surface area contributed by atoms with E-state index in [2.05, 4.69) is 39.4 Å². The van der Waals surface area contributed by atoms with E-state index in [1.165, 1.54) is 17.3 Å². The molecule has 2 aromatic heterocycles. The Kier molecular flexibility index (Phi) is 6.39. The average molecular weight is 419 g/mol. The van der Waals surface area contributed by atoms with Crippen molar-refractivity contribution < 1.29 is 9.26 Å². The summed E-state index contributed by atoms with van der Waals surface area (Å²) in [6.07, 6.45) is 1.01. The summed E-state index contributed by atoms with van der Waals surface area (Å²) in [4.78, 5) is 4.48. The highest BCUT2D eigenvalue weighted by Gasteiger charge is 2.10. The van der Waals surface area contributed by atoms with Crippen LogP contribution in [0.15, 0.2) is 70.2 Å². The molecule has 0 aliphatic rings. The third-order valence-electron chi connectivity index (χ3n) is 4.53. The van der Waals surface area contributed by atoms with Gasteiger partial charge in [-0.1, -0.05) is 48.1 Å². The lowest BCUT2D eigenvalue weighted by Crippen LogP contribution is -1.92. The summed E-state index contributed by atoms with van der Waals surface area (Å²) < 4.78 is 10.9. The maximum atomic E-state index is 5.47. The Balaban J connectivity index is 1.36. The smallest absolute Gasteiger partial charge is 0.237 e. The first-order valence-corrected chi connectivity index (χ1v) is 10.9. The van der Waals surface area contributed by atoms with Crippen LogP contribution in [0.2, 0.25) is 0 Å². The van der Waals surface area contributed by atoms with Crippen molar-refractivity contribution >= 4 is 11.8 Å². The van der Waals surface area contributed by atoms with Gasteiger partial charge in [0, 0.05) is 11.1 Å². The predicted molar refractivity (Wildman–Crippen MR) is 117 cm³/mol. The molecule has 7 heteroatoms. The molecule has 4 aromatic rings. The van der Waals surface area contributed by atoms with Gasteiger partial charge in [0.15, 0.2) is 0 Å². The molecule has 4 rings (SSSR count). The molecule has 0 radical (unpaired) electrons. The number of rotatable bonds is 8. The van der Waals surface area contributed by atoms with Crippen LogP contribution in [-0.4, -0.2) is 26.9 Å². The van der Waals surface area contributed by atoms with Crippen LogP contribution in [0.1, 0.15) is 25.3 Å². The van der Waals surface area contributed by atoms with E-state index >= 15 is 0 Å². The summed E-state index contributed by atoms with van der Waals surface area (Å²) in [7, 11) is 0. The molecule has 0 saturated carbocycles. The van der Waals surface area contributed by atoms with Crippen molar-refractivity contribution in [3.05, 3.63) is 72.1 Å². The molecule has 152 valence electrons. The number of hydrogen-bond donors (Lipinski definition) is 0. The number of aromatic nitrogens is 4. The van der Waals surface area contributed by atoms with Crippen LogP contribution in [0.25, 0.3) is 22.6 Å². The van der Waals surface area contributed by atoms with Gasteiger partial charge in [0.1, 0.15) is 10.8 Å². The van der Waals surface area contributed by atoms with Gasteiger partial charge < -0.3 is 9.26 Å². The highest BCUT2D eigenvalue weighted by Crippen LogP contribution is 2.25. The van der Waals surface area contributed by atoms with Crippen LogP contribution in [0.5, 0.6) is 5.75 Å². The van der Waals surface area contributed by atoms with E-state index in [1.807, 2.05) is 55.5 Å². The highest BCUT2D eigenvalue weighted by atomic mass is 32.2. The molecule has 0 atom stereocenters. The van der Waals surface area contributed by atoms with Crippen LogP contribution in [0, 0.1) is 0 Å². The van der Waals surface area contributed by atoms with E-state index in [0.29, 0.717) is 24.1 Å². The molecule has 0 aliphatic heterocycles. The lowest BCUT2D eigenvalue weighted by Gasteiger charge is -2.04. The SMILES string of the molecule is CCOc1ccc(-c2ccc(SCc3nc(-c4ccc(CC)cc4)no3)nn2)cc1. The maximum Gasteiger partial charge on any atom is 0.237 e. The standard InChI is InChI=1S/C23H22N4O2S/c1-3-16-5-7-18(8-6-16)23-24-21(29-27-23)15-30-22-14-13-20(25-26-22)17-9-11-19(12-10-17)28-4-2/h5-14H,3-4,15H2,1-2H3. The normalized spacial score (nSPS) is 10.9. The molecule has 0 amide bonds. The van der Waals surface area contributed by atoms with Gasteiger partial charge >= 0.3 is 0 Å². The second-order valence-corrected chi connectivity index (χ2v) is 7.56. The molecule has 0 fully saturated rings. The minimum Gasteiger partial charge on any atom is -0.494 e. The van der Waals surface area contributed by atoms with E-state index in [4.69, 9.17) is 9.26 Å². The topological polar surface area (TPSA) is 73.9 Å². The predicted octanol–water partition coefficient (Wildman–Crippen LogP) is 5.45. The van der Waals surface area contributed by atoms with Crippen molar-refractivity contribution in [1.82, 2.24) is 20.3 Å². The first-order valence-electron chi connectivity index (χ1n) is 9.87. The lowest BCUT2D eigenvalue weighted by atomic mass is 10.1. The van der Waals surface area contributed by atoms with Crippen molar-refractivity contribution in [2.75, 3.05) is 6.61 Å². The minimum absolute atomic E-state index is 0.539. The summed E-state index contributed by atoms with van der Waals surface area (Å²) in [5, 5.41) is 13.5. The number of aryl methyl sites for hydroxylation is 1. The number of ether oxygens (including phenoxy) is 1. The third-order valence-corrected chi connectivity index (χ3v) is 5.44. The molecule has 0 bridgehead atoms. The van der Waals surface area contributed by atoms with Crippen LogP contribution in [0.4, 0.5) is 0 Å². The van der Waals surface area contributed by atoms with Gasteiger partial charge in [-0.3, -0.25) is 0 Å². The van der Waals surface area contributed by atoms with E-state index in [0.717, 1.165) is 34.0 Å². The van der Waals surface area contributed by atoms with Crippen molar-refractivity contribution in [3.8, 4) is 28.4 Å². The zero-order valence-corrected chi connectivity index (χ0v) is 17.7. The Morgan fingerprint density at radius 3 is 2.30 bits per heavy atom. The molecule has 0 aliphatic carbocycles. The lowest BCUT2D eigenvalue weighted by molar-refractivity contribution is 0.340. The van der Waals surface area contributed by atoms with Crippen molar-refractivity contribution in [3.63, 3.8) is 0 Å². The second-order valence-electron chi connectivity index (χ2n) is 6.57.